The molecule has 0 aliphatic carbocycles. The first-order chi connectivity index (χ1) is 7.76. The zero-order chi connectivity index (χ0) is 11.5. The lowest BCUT2D eigenvalue weighted by molar-refractivity contribution is 0.110. The van der Waals surface area contributed by atoms with Gasteiger partial charge in [-0.25, -0.2) is 0 Å². The second kappa shape index (κ2) is 4.35. The summed E-state index contributed by atoms with van der Waals surface area (Å²) in [5.74, 6) is 0.366. The molecule has 2 rings (SSSR count). The Hall–Kier alpha value is -1.84. The molecular weight excluding hydrogens is 204 g/mol. The lowest BCUT2D eigenvalue weighted by Crippen LogP contribution is -1.91. The van der Waals surface area contributed by atoms with Crippen LogP contribution in [0.5, 0.6) is 0 Å². The van der Waals surface area contributed by atoms with Crippen LogP contribution in [0.4, 0.5) is 0 Å². The van der Waals surface area contributed by atoms with Crippen molar-refractivity contribution in [1.82, 2.24) is 9.78 Å². The number of hydrogen-bond acceptors (Lipinski definition) is 3. The van der Waals surface area contributed by atoms with Gasteiger partial charge in [-0.2, -0.15) is 5.10 Å². The molecule has 0 fully saturated rings. The average Bonchev–Trinajstić information content (AvgIpc) is 2.84. The Morgan fingerprint density at radius 2 is 2.31 bits per heavy atom. The van der Waals surface area contributed by atoms with E-state index in [1.54, 1.807) is 10.7 Å². The van der Waals surface area contributed by atoms with Crippen molar-refractivity contribution in [2.45, 2.75) is 19.8 Å². The molecule has 0 aliphatic heterocycles. The van der Waals surface area contributed by atoms with Crippen molar-refractivity contribution < 1.29 is 9.21 Å². The number of aryl methyl sites for hydroxylation is 2. The van der Waals surface area contributed by atoms with E-state index in [1.165, 1.54) is 6.26 Å². The second-order valence-electron chi connectivity index (χ2n) is 3.73. The van der Waals surface area contributed by atoms with E-state index in [0.717, 1.165) is 35.9 Å². The molecule has 0 saturated heterocycles. The molecule has 0 aromatic carbocycles. The van der Waals surface area contributed by atoms with Gasteiger partial charge in [-0.15, -0.1) is 0 Å². The average molecular weight is 218 g/mol. The predicted molar refractivity (Wildman–Crippen MR) is 60.3 cm³/mol. The van der Waals surface area contributed by atoms with Crippen LogP contribution in [-0.4, -0.2) is 16.1 Å². The third-order valence-electron chi connectivity index (χ3n) is 2.48. The fourth-order valence-electron chi connectivity index (χ4n) is 1.82. The zero-order valence-corrected chi connectivity index (χ0v) is 9.43. The third kappa shape index (κ3) is 1.78. The van der Waals surface area contributed by atoms with Crippen LogP contribution in [0.2, 0.25) is 0 Å². The summed E-state index contributed by atoms with van der Waals surface area (Å²) in [5.41, 5.74) is 2.82. The first-order valence-electron chi connectivity index (χ1n) is 5.31. The Morgan fingerprint density at radius 3 is 3.00 bits per heavy atom. The fourth-order valence-corrected chi connectivity index (χ4v) is 1.82. The second-order valence-corrected chi connectivity index (χ2v) is 3.73. The van der Waals surface area contributed by atoms with Crippen molar-refractivity contribution in [1.29, 1.82) is 0 Å². The quantitative estimate of drug-likeness (QED) is 0.740. The van der Waals surface area contributed by atoms with Gasteiger partial charge in [0, 0.05) is 24.4 Å². The van der Waals surface area contributed by atoms with Gasteiger partial charge in [-0.3, -0.25) is 9.48 Å². The molecule has 4 nitrogen and oxygen atoms in total. The van der Waals surface area contributed by atoms with Crippen LogP contribution in [0.15, 0.2) is 22.9 Å². The molecule has 16 heavy (non-hydrogen) atoms. The van der Waals surface area contributed by atoms with E-state index in [4.69, 9.17) is 4.42 Å². The van der Waals surface area contributed by atoms with Gasteiger partial charge >= 0.3 is 0 Å². The molecular formula is C12H14N2O2. The van der Waals surface area contributed by atoms with Gasteiger partial charge in [0.2, 0.25) is 0 Å². The Morgan fingerprint density at radius 1 is 1.50 bits per heavy atom. The normalized spacial score (nSPS) is 10.6. The number of furan rings is 1. The molecule has 0 radical (unpaired) electrons. The van der Waals surface area contributed by atoms with Crippen molar-refractivity contribution >= 4 is 6.29 Å². The maximum absolute atomic E-state index is 10.8. The maximum atomic E-state index is 10.8. The summed E-state index contributed by atoms with van der Waals surface area (Å²) in [6.07, 6.45) is 6.11. The summed E-state index contributed by atoms with van der Waals surface area (Å²) in [5, 5.41) is 4.39. The Kier molecular flexibility index (Phi) is 2.90. The Balaban J connectivity index is 2.50. The van der Waals surface area contributed by atoms with Crippen molar-refractivity contribution in [3.8, 4) is 11.1 Å². The minimum atomic E-state index is 0.366. The Labute approximate surface area is 93.9 Å². The van der Waals surface area contributed by atoms with Crippen LogP contribution in [0.25, 0.3) is 11.1 Å². The highest BCUT2D eigenvalue weighted by molar-refractivity contribution is 5.84. The molecule has 2 heterocycles. The number of rotatable bonds is 4. The van der Waals surface area contributed by atoms with Crippen LogP contribution in [0, 0.1) is 0 Å². The number of nitrogens with zero attached hydrogens (tertiary/aromatic N) is 2. The predicted octanol–water partition coefficient (Wildman–Crippen LogP) is 2.45. The summed E-state index contributed by atoms with van der Waals surface area (Å²) in [6, 6.07) is 1.81. The number of aldehydes is 1. The molecule has 0 N–H and O–H groups in total. The van der Waals surface area contributed by atoms with E-state index in [1.807, 2.05) is 13.2 Å². The molecule has 0 atom stereocenters. The molecule has 4 heteroatoms. The van der Waals surface area contributed by atoms with Gasteiger partial charge in [0.15, 0.2) is 12.0 Å². The smallest absolute Gasteiger partial charge is 0.185 e. The molecule has 0 saturated carbocycles. The molecule has 0 bridgehead atoms. The summed E-state index contributed by atoms with van der Waals surface area (Å²) in [7, 11) is 1.88. The molecule has 0 amide bonds. The topological polar surface area (TPSA) is 48.0 Å². The molecule has 2 aromatic heterocycles. The van der Waals surface area contributed by atoms with Crippen LogP contribution >= 0.6 is 0 Å². The van der Waals surface area contributed by atoms with Gasteiger partial charge in [-0.1, -0.05) is 13.3 Å². The van der Waals surface area contributed by atoms with E-state index in [-0.39, 0.29) is 0 Å². The highest BCUT2D eigenvalue weighted by Crippen LogP contribution is 2.27. The van der Waals surface area contributed by atoms with Crippen molar-refractivity contribution in [3.05, 3.63) is 30.0 Å². The highest BCUT2D eigenvalue weighted by Gasteiger charge is 2.14. The molecule has 0 spiro atoms. The minimum absolute atomic E-state index is 0.366. The first-order valence-corrected chi connectivity index (χ1v) is 5.31. The lowest BCUT2D eigenvalue weighted by Gasteiger charge is -1.97. The maximum Gasteiger partial charge on any atom is 0.185 e. The number of carbonyl (C=O) groups is 1. The van der Waals surface area contributed by atoms with E-state index in [9.17, 15) is 4.79 Å². The van der Waals surface area contributed by atoms with Crippen LogP contribution in [0.3, 0.4) is 0 Å². The highest BCUT2D eigenvalue weighted by atomic mass is 16.3. The molecule has 0 aliphatic rings. The SMILES string of the molecule is CCCc1nn(C)cc1-c1ccoc1C=O. The number of aromatic nitrogens is 2. The summed E-state index contributed by atoms with van der Waals surface area (Å²) in [4.78, 5) is 10.8. The minimum Gasteiger partial charge on any atom is -0.461 e. The largest absolute Gasteiger partial charge is 0.461 e. The van der Waals surface area contributed by atoms with E-state index in [2.05, 4.69) is 12.0 Å². The van der Waals surface area contributed by atoms with Gasteiger partial charge in [-0.05, 0) is 12.5 Å². The summed E-state index contributed by atoms with van der Waals surface area (Å²) >= 11 is 0. The van der Waals surface area contributed by atoms with E-state index in [0.29, 0.717) is 5.76 Å². The van der Waals surface area contributed by atoms with Crippen LogP contribution in [0.1, 0.15) is 29.6 Å². The standard InChI is InChI=1S/C12H14N2O2/c1-3-4-11-10(7-14(2)13-11)9-5-6-16-12(9)8-15/h5-8H,3-4H2,1-2H3. The van der Waals surface area contributed by atoms with Gasteiger partial charge in [0.1, 0.15) is 0 Å². The van der Waals surface area contributed by atoms with Gasteiger partial charge in [0.05, 0.1) is 12.0 Å². The number of hydrogen-bond donors (Lipinski definition) is 0. The third-order valence-corrected chi connectivity index (χ3v) is 2.48. The van der Waals surface area contributed by atoms with Crippen LogP contribution in [-0.2, 0) is 13.5 Å². The van der Waals surface area contributed by atoms with Crippen molar-refractivity contribution in [2.75, 3.05) is 0 Å². The first kappa shape index (κ1) is 10.7. The van der Waals surface area contributed by atoms with Gasteiger partial charge < -0.3 is 4.42 Å². The van der Waals surface area contributed by atoms with E-state index < -0.39 is 0 Å². The van der Waals surface area contributed by atoms with E-state index >= 15 is 0 Å². The van der Waals surface area contributed by atoms with Crippen LogP contribution < -0.4 is 0 Å². The molecule has 0 unspecified atom stereocenters. The number of carbonyl (C=O) groups excluding carboxylic acids is 1. The molecule has 84 valence electrons. The van der Waals surface area contributed by atoms with Crippen molar-refractivity contribution in [2.24, 2.45) is 7.05 Å². The lowest BCUT2D eigenvalue weighted by atomic mass is 10.1. The summed E-state index contributed by atoms with van der Waals surface area (Å²) < 4.78 is 6.87. The van der Waals surface area contributed by atoms with Gasteiger partial charge in [0.25, 0.3) is 0 Å². The summed E-state index contributed by atoms with van der Waals surface area (Å²) in [6.45, 7) is 2.11. The molecule has 2 aromatic rings. The fraction of sp³-hybridized carbons (Fsp3) is 0.333. The zero-order valence-electron chi connectivity index (χ0n) is 9.43. The monoisotopic (exact) mass is 218 g/mol. The van der Waals surface area contributed by atoms with Crippen molar-refractivity contribution in [3.63, 3.8) is 0 Å². The Bertz CT molecular complexity index is 497.